The normalized spacial score (nSPS) is 13.3. The minimum atomic E-state index is -0.854. The molecule has 110 valence electrons. The first-order chi connectivity index (χ1) is 9.38. The van der Waals surface area contributed by atoms with Crippen molar-refractivity contribution in [3.63, 3.8) is 0 Å². The molecule has 0 fully saturated rings. The van der Waals surface area contributed by atoms with Crippen LogP contribution in [0, 0.1) is 12.8 Å². The summed E-state index contributed by atoms with van der Waals surface area (Å²) in [4.78, 5) is 22.2. The number of rotatable bonds is 6. The molecular formula is C15H22N2O3. The molecule has 0 spiro atoms. The molecule has 1 aromatic carbocycles. The SMILES string of the molecule is Cc1ccc(C(C)NC(=O)NCC(C)CC(=O)O)cc1. The molecule has 2 atom stereocenters. The summed E-state index contributed by atoms with van der Waals surface area (Å²) in [5.74, 6) is -0.944. The van der Waals surface area contributed by atoms with Crippen molar-refractivity contribution in [1.29, 1.82) is 0 Å². The van der Waals surface area contributed by atoms with E-state index >= 15 is 0 Å². The van der Waals surface area contributed by atoms with Gasteiger partial charge in [0.05, 0.1) is 6.04 Å². The lowest BCUT2D eigenvalue weighted by molar-refractivity contribution is -0.137. The molecule has 5 nitrogen and oxygen atoms in total. The molecule has 0 aliphatic carbocycles. The summed E-state index contributed by atoms with van der Waals surface area (Å²) in [5, 5.41) is 14.2. The van der Waals surface area contributed by atoms with Crippen LogP contribution >= 0.6 is 0 Å². The van der Waals surface area contributed by atoms with E-state index in [9.17, 15) is 9.59 Å². The van der Waals surface area contributed by atoms with E-state index in [0.29, 0.717) is 6.54 Å². The van der Waals surface area contributed by atoms with Gasteiger partial charge < -0.3 is 15.7 Å². The minimum absolute atomic E-state index is 0.0494. The predicted octanol–water partition coefficient (Wildman–Crippen LogP) is 2.47. The average molecular weight is 278 g/mol. The highest BCUT2D eigenvalue weighted by Gasteiger charge is 2.11. The van der Waals surface area contributed by atoms with Crippen molar-refractivity contribution in [2.75, 3.05) is 6.54 Å². The largest absolute Gasteiger partial charge is 0.481 e. The molecule has 20 heavy (non-hydrogen) atoms. The molecule has 1 rings (SSSR count). The van der Waals surface area contributed by atoms with Crippen molar-refractivity contribution in [2.24, 2.45) is 5.92 Å². The standard InChI is InChI=1S/C15H22N2O3/c1-10-4-6-13(7-5-10)12(3)17-15(20)16-9-11(2)8-14(18)19/h4-7,11-12H,8-9H2,1-3H3,(H,18,19)(H2,16,17,20). The third-order valence-corrected chi connectivity index (χ3v) is 3.06. The van der Waals surface area contributed by atoms with E-state index in [1.807, 2.05) is 38.1 Å². The van der Waals surface area contributed by atoms with Crippen molar-refractivity contribution in [3.05, 3.63) is 35.4 Å². The molecule has 0 heterocycles. The molecule has 0 bridgehead atoms. The molecule has 2 unspecified atom stereocenters. The number of hydrogen-bond donors (Lipinski definition) is 3. The molecule has 3 N–H and O–H groups in total. The Kier molecular flexibility index (Phi) is 6.03. The van der Waals surface area contributed by atoms with Gasteiger partial charge in [0.15, 0.2) is 0 Å². The van der Waals surface area contributed by atoms with Crippen molar-refractivity contribution < 1.29 is 14.7 Å². The van der Waals surface area contributed by atoms with Gasteiger partial charge in [-0.3, -0.25) is 4.79 Å². The lowest BCUT2D eigenvalue weighted by atomic mass is 10.1. The molecular weight excluding hydrogens is 256 g/mol. The van der Waals surface area contributed by atoms with Crippen LogP contribution in [-0.2, 0) is 4.79 Å². The van der Waals surface area contributed by atoms with Gasteiger partial charge in [0.25, 0.3) is 0 Å². The van der Waals surface area contributed by atoms with Gasteiger partial charge in [0.2, 0.25) is 0 Å². The topological polar surface area (TPSA) is 78.4 Å². The van der Waals surface area contributed by atoms with E-state index in [-0.39, 0.29) is 24.4 Å². The van der Waals surface area contributed by atoms with Crippen LogP contribution in [-0.4, -0.2) is 23.7 Å². The van der Waals surface area contributed by atoms with Crippen LogP contribution in [0.3, 0.4) is 0 Å². The zero-order valence-corrected chi connectivity index (χ0v) is 12.1. The number of carboxylic acid groups (broad SMARTS) is 1. The van der Waals surface area contributed by atoms with E-state index in [4.69, 9.17) is 5.11 Å². The number of aliphatic carboxylic acids is 1. The first-order valence-electron chi connectivity index (χ1n) is 6.71. The molecule has 0 saturated heterocycles. The lowest BCUT2D eigenvalue weighted by Gasteiger charge is -2.16. The second kappa shape index (κ2) is 7.53. The summed E-state index contributed by atoms with van der Waals surface area (Å²) in [6.07, 6.45) is 0.0494. The van der Waals surface area contributed by atoms with Gasteiger partial charge in [0, 0.05) is 13.0 Å². The van der Waals surface area contributed by atoms with E-state index in [1.54, 1.807) is 6.92 Å². The Morgan fingerprint density at radius 1 is 1.20 bits per heavy atom. The Labute approximate surface area is 119 Å². The third kappa shape index (κ3) is 5.73. The molecule has 0 aromatic heterocycles. The van der Waals surface area contributed by atoms with Crippen molar-refractivity contribution in [3.8, 4) is 0 Å². The molecule has 2 amide bonds. The van der Waals surface area contributed by atoms with Crippen LogP contribution in [0.15, 0.2) is 24.3 Å². The first kappa shape index (κ1) is 16.0. The Hall–Kier alpha value is -2.04. The van der Waals surface area contributed by atoms with Crippen LogP contribution in [0.4, 0.5) is 4.79 Å². The van der Waals surface area contributed by atoms with Crippen LogP contribution in [0.1, 0.15) is 37.4 Å². The van der Waals surface area contributed by atoms with Gasteiger partial charge >= 0.3 is 12.0 Å². The van der Waals surface area contributed by atoms with E-state index in [0.717, 1.165) is 5.56 Å². The van der Waals surface area contributed by atoms with Gasteiger partial charge in [-0.2, -0.15) is 0 Å². The molecule has 1 aromatic rings. The maximum atomic E-state index is 11.7. The number of carbonyl (C=O) groups is 2. The number of amides is 2. The lowest BCUT2D eigenvalue weighted by Crippen LogP contribution is -2.39. The van der Waals surface area contributed by atoms with E-state index in [1.165, 1.54) is 5.56 Å². The summed E-state index contributed by atoms with van der Waals surface area (Å²) in [6, 6.07) is 7.59. The molecule has 0 aliphatic rings. The zero-order chi connectivity index (χ0) is 15.1. The summed E-state index contributed by atoms with van der Waals surface area (Å²) >= 11 is 0. The second-order valence-electron chi connectivity index (χ2n) is 5.19. The van der Waals surface area contributed by atoms with Gasteiger partial charge in [0.1, 0.15) is 0 Å². The number of carbonyl (C=O) groups excluding carboxylic acids is 1. The quantitative estimate of drug-likeness (QED) is 0.748. The average Bonchev–Trinajstić information content (AvgIpc) is 2.36. The summed E-state index contributed by atoms with van der Waals surface area (Å²) in [7, 11) is 0. The highest BCUT2D eigenvalue weighted by molar-refractivity contribution is 5.74. The van der Waals surface area contributed by atoms with Gasteiger partial charge in [-0.05, 0) is 25.3 Å². The number of carboxylic acids is 1. The number of urea groups is 1. The van der Waals surface area contributed by atoms with Gasteiger partial charge in [-0.25, -0.2) is 4.79 Å². The monoisotopic (exact) mass is 278 g/mol. The molecule has 5 heteroatoms. The van der Waals surface area contributed by atoms with Gasteiger partial charge in [-0.15, -0.1) is 0 Å². The fourth-order valence-corrected chi connectivity index (χ4v) is 1.82. The van der Waals surface area contributed by atoms with Crippen LogP contribution in [0.5, 0.6) is 0 Å². The zero-order valence-electron chi connectivity index (χ0n) is 12.1. The molecule has 0 aliphatic heterocycles. The fraction of sp³-hybridized carbons (Fsp3) is 0.467. The highest BCUT2D eigenvalue weighted by atomic mass is 16.4. The molecule has 0 radical (unpaired) electrons. The van der Waals surface area contributed by atoms with Gasteiger partial charge in [-0.1, -0.05) is 36.8 Å². The fourth-order valence-electron chi connectivity index (χ4n) is 1.82. The first-order valence-corrected chi connectivity index (χ1v) is 6.71. The summed E-state index contributed by atoms with van der Waals surface area (Å²) < 4.78 is 0. The number of nitrogens with one attached hydrogen (secondary N) is 2. The molecule has 0 saturated carbocycles. The highest BCUT2D eigenvalue weighted by Crippen LogP contribution is 2.12. The summed E-state index contributed by atoms with van der Waals surface area (Å²) in [6.45, 7) is 6.06. The van der Waals surface area contributed by atoms with Crippen LogP contribution in [0.25, 0.3) is 0 Å². The van der Waals surface area contributed by atoms with Crippen molar-refractivity contribution >= 4 is 12.0 Å². The van der Waals surface area contributed by atoms with Crippen LogP contribution in [0.2, 0.25) is 0 Å². The van der Waals surface area contributed by atoms with Crippen molar-refractivity contribution in [2.45, 2.75) is 33.2 Å². The Balaban J connectivity index is 2.38. The van der Waals surface area contributed by atoms with E-state index in [2.05, 4.69) is 10.6 Å². The Bertz CT molecular complexity index is 457. The van der Waals surface area contributed by atoms with E-state index < -0.39 is 5.97 Å². The number of hydrogen-bond acceptors (Lipinski definition) is 2. The maximum absolute atomic E-state index is 11.7. The van der Waals surface area contributed by atoms with Crippen LogP contribution < -0.4 is 10.6 Å². The Morgan fingerprint density at radius 3 is 2.35 bits per heavy atom. The third-order valence-electron chi connectivity index (χ3n) is 3.06. The predicted molar refractivity (Wildman–Crippen MR) is 77.5 cm³/mol. The summed E-state index contributed by atoms with van der Waals surface area (Å²) in [5.41, 5.74) is 2.21. The smallest absolute Gasteiger partial charge is 0.315 e. The number of aryl methyl sites for hydroxylation is 1. The maximum Gasteiger partial charge on any atom is 0.315 e. The Morgan fingerprint density at radius 2 is 1.80 bits per heavy atom. The minimum Gasteiger partial charge on any atom is -0.481 e. The second-order valence-corrected chi connectivity index (χ2v) is 5.19. The number of benzene rings is 1. The van der Waals surface area contributed by atoms with Crippen molar-refractivity contribution in [1.82, 2.24) is 10.6 Å².